The Balaban J connectivity index is 1.21. The molecular weight excluding hydrogens is 615 g/mol. The number of benzene rings is 3. The van der Waals surface area contributed by atoms with Crippen LogP contribution in [0.5, 0.6) is 11.6 Å². The van der Waals surface area contributed by atoms with Crippen molar-refractivity contribution in [3.05, 3.63) is 125 Å². The Morgan fingerprint density at radius 2 is 1.77 bits per heavy atom. The lowest BCUT2D eigenvalue weighted by Gasteiger charge is -2.11. The highest BCUT2D eigenvalue weighted by Crippen LogP contribution is 2.45. The number of anilines is 3. The number of fused-ring (bicyclic) bond motifs is 1. The molecule has 0 aliphatic carbocycles. The number of amides is 1. The summed E-state index contributed by atoms with van der Waals surface area (Å²) in [5.41, 5.74) is 9.44. The van der Waals surface area contributed by atoms with E-state index >= 15 is 0 Å². The zero-order chi connectivity index (χ0) is 33.4. The Bertz CT molecular complexity index is 2360. The van der Waals surface area contributed by atoms with Crippen molar-refractivity contribution >= 4 is 34.3 Å². The summed E-state index contributed by atoms with van der Waals surface area (Å²) < 4.78 is 29.0. The molecule has 1 amide bonds. The largest absolute Gasteiger partial charge is 0.438 e. The van der Waals surface area contributed by atoms with Gasteiger partial charge in [0.2, 0.25) is 17.5 Å². The van der Waals surface area contributed by atoms with Crippen LogP contribution in [0.4, 0.5) is 21.7 Å². The molecular formula is C35H27FN8O4. The molecule has 0 bridgehead atoms. The maximum absolute atomic E-state index is 13.4. The van der Waals surface area contributed by atoms with Crippen LogP contribution in [0.1, 0.15) is 10.4 Å². The standard InChI is InChI=1S/C35H27FN8O4/c1-38-35-41-32(29-28(20-5-3-6-23(37)17-20)30(48-33(29)42-35)21-18-39-43(2)19-21)47-26-14-10-24(11-15-26)40-31(45)27-7-4-16-44(34(27)46)25-12-8-22(36)9-13-25/h3-19H,37H2,1-2H3,(H,40,45)(H,38,41,42). The van der Waals surface area contributed by atoms with Gasteiger partial charge in [0.05, 0.1) is 11.8 Å². The van der Waals surface area contributed by atoms with Gasteiger partial charge in [0.15, 0.2) is 0 Å². The number of aryl methyl sites for hydroxylation is 1. The van der Waals surface area contributed by atoms with E-state index in [1.807, 2.05) is 31.4 Å². The summed E-state index contributed by atoms with van der Waals surface area (Å²) in [5, 5.41) is 10.5. The van der Waals surface area contributed by atoms with Crippen molar-refractivity contribution in [3.8, 4) is 39.8 Å². The van der Waals surface area contributed by atoms with Crippen molar-refractivity contribution in [1.82, 2.24) is 24.3 Å². The fourth-order valence-corrected chi connectivity index (χ4v) is 5.25. The smallest absolute Gasteiger partial charge is 0.267 e. The minimum absolute atomic E-state index is 0.0800. The second-order valence-corrected chi connectivity index (χ2v) is 10.8. The predicted octanol–water partition coefficient (Wildman–Crippen LogP) is 6.25. The van der Waals surface area contributed by atoms with Crippen LogP contribution < -0.4 is 26.7 Å². The molecule has 0 radical (unpaired) electrons. The molecule has 238 valence electrons. The van der Waals surface area contributed by atoms with Crippen LogP contribution >= 0.6 is 0 Å². The molecule has 3 aromatic carbocycles. The lowest BCUT2D eigenvalue weighted by Crippen LogP contribution is -2.27. The Labute approximate surface area is 272 Å². The molecule has 4 heterocycles. The number of nitrogens with one attached hydrogen (secondary N) is 2. The van der Waals surface area contributed by atoms with Crippen molar-refractivity contribution in [1.29, 1.82) is 0 Å². The first kappa shape index (κ1) is 29.9. The number of carbonyl (C=O) groups is 1. The van der Waals surface area contributed by atoms with Gasteiger partial charge in [0.1, 0.15) is 28.3 Å². The second-order valence-electron chi connectivity index (χ2n) is 10.8. The quantitative estimate of drug-likeness (QED) is 0.163. The van der Waals surface area contributed by atoms with Gasteiger partial charge >= 0.3 is 0 Å². The van der Waals surface area contributed by atoms with Gasteiger partial charge in [-0.05, 0) is 78.4 Å². The maximum atomic E-state index is 13.4. The molecule has 0 fully saturated rings. The van der Waals surface area contributed by atoms with Crippen LogP contribution in [0.3, 0.4) is 0 Å². The summed E-state index contributed by atoms with van der Waals surface area (Å²) in [6.07, 6.45) is 5.04. The summed E-state index contributed by atoms with van der Waals surface area (Å²) in [4.78, 5) is 35.4. The monoisotopic (exact) mass is 642 g/mol. The Morgan fingerprint density at radius 1 is 0.979 bits per heavy atom. The first-order valence-corrected chi connectivity index (χ1v) is 14.7. The lowest BCUT2D eigenvalue weighted by molar-refractivity contribution is 0.102. The summed E-state index contributed by atoms with van der Waals surface area (Å²) >= 11 is 0. The van der Waals surface area contributed by atoms with Crippen LogP contribution in [0, 0.1) is 5.82 Å². The number of hydrogen-bond donors (Lipinski definition) is 3. The second kappa shape index (κ2) is 12.2. The summed E-state index contributed by atoms with van der Waals surface area (Å²) in [5.74, 6) is 0.407. The van der Waals surface area contributed by atoms with Crippen LogP contribution in [0.15, 0.2) is 113 Å². The Kier molecular flexibility index (Phi) is 7.61. The number of halogens is 1. The maximum Gasteiger partial charge on any atom is 0.267 e. The molecule has 7 aromatic rings. The van der Waals surface area contributed by atoms with Gasteiger partial charge in [-0.15, -0.1) is 0 Å². The highest BCUT2D eigenvalue weighted by molar-refractivity contribution is 6.05. The minimum atomic E-state index is -0.602. The van der Waals surface area contributed by atoms with Gasteiger partial charge in [-0.3, -0.25) is 18.8 Å². The molecule has 0 atom stereocenters. The molecule has 0 saturated heterocycles. The van der Waals surface area contributed by atoms with E-state index in [0.717, 1.165) is 11.1 Å². The third-order valence-electron chi connectivity index (χ3n) is 7.51. The van der Waals surface area contributed by atoms with Crippen molar-refractivity contribution in [3.63, 3.8) is 0 Å². The van der Waals surface area contributed by atoms with Crippen molar-refractivity contribution in [2.24, 2.45) is 7.05 Å². The number of ether oxygens (including phenoxy) is 1. The Morgan fingerprint density at radius 3 is 2.48 bits per heavy atom. The van der Waals surface area contributed by atoms with Crippen molar-refractivity contribution in [2.45, 2.75) is 0 Å². The average molecular weight is 643 g/mol. The van der Waals surface area contributed by atoms with Gasteiger partial charge < -0.3 is 25.5 Å². The van der Waals surface area contributed by atoms with E-state index in [9.17, 15) is 14.0 Å². The first-order chi connectivity index (χ1) is 23.3. The number of hydrogen-bond acceptors (Lipinski definition) is 9. The van der Waals surface area contributed by atoms with Crippen LogP contribution in [-0.2, 0) is 7.05 Å². The number of furan rings is 1. The topological polar surface area (TPSA) is 155 Å². The fourth-order valence-electron chi connectivity index (χ4n) is 5.25. The highest BCUT2D eigenvalue weighted by atomic mass is 19.1. The number of pyridine rings is 1. The van der Waals surface area contributed by atoms with Gasteiger partial charge in [-0.25, -0.2) is 4.39 Å². The van der Waals surface area contributed by atoms with E-state index in [1.54, 1.807) is 54.3 Å². The van der Waals surface area contributed by atoms with Crippen molar-refractivity contribution < 1.29 is 18.3 Å². The fraction of sp³-hybridized carbons (Fsp3) is 0.0571. The lowest BCUT2D eigenvalue weighted by atomic mass is 10.0. The third kappa shape index (κ3) is 5.71. The third-order valence-corrected chi connectivity index (χ3v) is 7.51. The van der Waals surface area contributed by atoms with Gasteiger partial charge in [-0.1, -0.05) is 12.1 Å². The molecule has 0 unspecified atom stereocenters. The number of rotatable bonds is 8. The Hall–Kier alpha value is -6.76. The van der Waals surface area contributed by atoms with Crippen LogP contribution in [-0.4, -0.2) is 37.3 Å². The summed E-state index contributed by atoms with van der Waals surface area (Å²) in [7, 11) is 3.50. The molecule has 12 nitrogen and oxygen atoms in total. The van der Waals surface area contributed by atoms with Gasteiger partial charge in [0.25, 0.3) is 11.5 Å². The SMILES string of the molecule is CNc1nc(Oc2ccc(NC(=O)c3cccn(-c4ccc(F)cc4)c3=O)cc2)c2c(-c3cccc(N)c3)c(-c3cnn(C)c3)oc2n1. The van der Waals surface area contributed by atoms with E-state index in [-0.39, 0.29) is 17.4 Å². The van der Waals surface area contributed by atoms with E-state index in [0.29, 0.717) is 45.2 Å². The normalized spacial score (nSPS) is 11.1. The molecule has 48 heavy (non-hydrogen) atoms. The number of aromatic nitrogens is 5. The van der Waals surface area contributed by atoms with E-state index in [2.05, 4.69) is 25.7 Å². The molecule has 13 heteroatoms. The van der Waals surface area contributed by atoms with Gasteiger partial charge in [-0.2, -0.15) is 15.1 Å². The number of nitrogen functional groups attached to an aromatic ring is 1. The van der Waals surface area contributed by atoms with Crippen molar-refractivity contribution in [2.75, 3.05) is 23.4 Å². The number of nitrogens with zero attached hydrogens (tertiary/aromatic N) is 5. The molecule has 4 aromatic heterocycles. The van der Waals surface area contributed by atoms with Gasteiger partial charge in [0, 0.05) is 49.1 Å². The molecule has 0 aliphatic heterocycles. The predicted molar refractivity (Wildman–Crippen MR) is 180 cm³/mol. The summed E-state index contributed by atoms with van der Waals surface area (Å²) in [6.45, 7) is 0. The first-order valence-electron chi connectivity index (χ1n) is 14.7. The zero-order valence-electron chi connectivity index (χ0n) is 25.6. The summed E-state index contributed by atoms with van der Waals surface area (Å²) in [6, 6.07) is 22.4. The zero-order valence-corrected chi connectivity index (χ0v) is 25.6. The van der Waals surface area contributed by atoms with E-state index < -0.39 is 17.3 Å². The molecule has 0 saturated carbocycles. The van der Waals surface area contributed by atoms with Crippen LogP contribution in [0.25, 0.3) is 39.2 Å². The number of carbonyl (C=O) groups excluding carboxylic acids is 1. The molecule has 4 N–H and O–H groups in total. The van der Waals surface area contributed by atoms with Crippen LogP contribution in [0.2, 0.25) is 0 Å². The molecule has 7 rings (SSSR count). The molecule has 0 spiro atoms. The van der Waals surface area contributed by atoms with E-state index in [4.69, 9.17) is 14.9 Å². The number of nitrogens with two attached hydrogens (primary N) is 1. The highest BCUT2D eigenvalue weighted by Gasteiger charge is 2.25. The molecule has 0 aliphatic rings. The average Bonchev–Trinajstić information content (AvgIpc) is 3.70. The van der Waals surface area contributed by atoms with E-state index in [1.165, 1.54) is 41.1 Å². The minimum Gasteiger partial charge on any atom is -0.438 e.